The van der Waals surface area contributed by atoms with Crippen molar-refractivity contribution < 1.29 is 26.7 Å². The molecule has 5 aliphatic rings. The summed E-state index contributed by atoms with van der Waals surface area (Å²) in [6, 6.07) is 7.73. The fourth-order valence-corrected chi connectivity index (χ4v) is 9.31. The smallest absolute Gasteiger partial charge is 0.319 e. The minimum absolute atomic E-state index is 0.0606. The number of anilines is 2. The first-order valence-corrected chi connectivity index (χ1v) is 16.9. The van der Waals surface area contributed by atoms with Crippen LogP contribution in [0.4, 0.5) is 32.8 Å². The highest BCUT2D eigenvalue weighted by Crippen LogP contribution is 2.44. The molecular weight excluding hydrogens is 649 g/mol. The van der Waals surface area contributed by atoms with Crippen LogP contribution in [-0.4, -0.2) is 71.4 Å². The van der Waals surface area contributed by atoms with E-state index < -0.39 is 35.0 Å². The number of hydrogen-bond donors (Lipinski definition) is 2. The highest BCUT2D eigenvalue weighted by atomic mass is 32.1. The third-order valence-electron chi connectivity index (χ3n) is 10.6. The van der Waals surface area contributed by atoms with Gasteiger partial charge in [-0.1, -0.05) is 12.1 Å². The second kappa shape index (κ2) is 11.5. The number of piperidine rings is 1. The van der Waals surface area contributed by atoms with Gasteiger partial charge in [-0.2, -0.15) is 24.0 Å². The molecule has 4 atom stereocenters. The van der Waals surface area contributed by atoms with E-state index in [-0.39, 0.29) is 62.4 Å². The SMILES string of the molecule is N#Cc1c(N)sc2c(F)ccc(-c3ccc4c(N5C[C@@H]6CC[C@](C=C(F)F)(C5)NC6)nc(OC[C@@]56CCCN5C[C@H](F)C6)nc4c3F)c12. The van der Waals surface area contributed by atoms with Crippen LogP contribution in [0.1, 0.15) is 37.7 Å². The number of hydrogen-bond acceptors (Lipinski definition) is 9. The highest BCUT2D eigenvalue weighted by molar-refractivity contribution is 7.23. The Labute approximate surface area is 277 Å². The van der Waals surface area contributed by atoms with Crippen LogP contribution >= 0.6 is 11.3 Å². The zero-order chi connectivity index (χ0) is 33.4. The van der Waals surface area contributed by atoms with Gasteiger partial charge < -0.3 is 20.7 Å². The summed E-state index contributed by atoms with van der Waals surface area (Å²) in [4.78, 5) is 13.3. The highest BCUT2D eigenvalue weighted by Gasteiger charge is 2.49. The maximum atomic E-state index is 16.9. The number of ether oxygens (including phenoxy) is 1. The Hall–Kier alpha value is -4.06. The van der Waals surface area contributed by atoms with Crippen molar-refractivity contribution in [2.75, 3.05) is 50.0 Å². The van der Waals surface area contributed by atoms with Gasteiger partial charge in [-0.3, -0.25) is 4.90 Å². The first kappa shape index (κ1) is 31.2. The zero-order valence-electron chi connectivity index (χ0n) is 25.8. The van der Waals surface area contributed by atoms with Gasteiger partial charge >= 0.3 is 6.01 Å². The van der Waals surface area contributed by atoms with Crippen molar-refractivity contribution in [2.45, 2.75) is 49.4 Å². The molecule has 250 valence electrons. The summed E-state index contributed by atoms with van der Waals surface area (Å²) in [7, 11) is 0. The predicted octanol–water partition coefficient (Wildman–Crippen LogP) is 6.54. The van der Waals surface area contributed by atoms with Crippen LogP contribution in [0.15, 0.2) is 36.4 Å². The van der Waals surface area contributed by atoms with E-state index in [1.54, 1.807) is 6.07 Å². The Morgan fingerprint density at radius 2 is 2.00 bits per heavy atom. The van der Waals surface area contributed by atoms with E-state index in [2.05, 4.69) is 15.2 Å². The Kier molecular flexibility index (Phi) is 7.50. The summed E-state index contributed by atoms with van der Waals surface area (Å²) in [6.45, 7) is 2.40. The summed E-state index contributed by atoms with van der Waals surface area (Å²) in [6.07, 6.45) is 1.42. The van der Waals surface area contributed by atoms with E-state index in [1.165, 1.54) is 18.2 Å². The number of fused-ring (bicyclic) bond motifs is 7. The van der Waals surface area contributed by atoms with Gasteiger partial charge in [0.15, 0.2) is 5.82 Å². The van der Waals surface area contributed by atoms with Crippen molar-refractivity contribution >= 4 is 43.1 Å². The van der Waals surface area contributed by atoms with Gasteiger partial charge in [0.2, 0.25) is 0 Å². The van der Waals surface area contributed by atoms with Crippen molar-refractivity contribution in [3.63, 3.8) is 0 Å². The number of nitrogens with two attached hydrogens (primary N) is 1. The molecule has 0 unspecified atom stereocenters. The van der Waals surface area contributed by atoms with Crippen molar-refractivity contribution in [3.05, 3.63) is 53.6 Å². The summed E-state index contributed by atoms with van der Waals surface area (Å²) in [5.74, 6) is -0.839. The lowest BCUT2D eigenvalue weighted by Gasteiger charge is -2.35. The molecule has 2 aromatic carbocycles. The molecule has 48 heavy (non-hydrogen) atoms. The van der Waals surface area contributed by atoms with Crippen LogP contribution in [0, 0.1) is 28.9 Å². The summed E-state index contributed by atoms with van der Waals surface area (Å²) < 4.78 is 80.0. The van der Waals surface area contributed by atoms with E-state index in [9.17, 15) is 22.8 Å². The first-order valence-electron chi connectivity index (χ1n) is 16.1. The minimum Gasteiger partial charge on any atom is -0.461 e. The maximum absolute atomic E-state index is 16.9. The Morgan fingerprint density at radius 3 is 2.77 bits per heavy atom. The van der Waals surface area contributed by atoms with Crippen LogP contribution in [0.3, 0.4) is 0 Å². The van der Waals surface area contributed by atoms with Crippen LogP contribution < -0.4 is 20.7 Å². The number of nitriles is 1. The molecule has 0 amide bonds. The largest absolute Gasteiger partial charge is 0.461 e. The number of alkyl halides is 1. The fourth-order valence-electron chi connectivity index (χ4n) is 8.36. The van der Waals surface area contributed by atoms with Crippen LogP contribution in [0.25, 0.3) is 32.1 Å². The maximum Gasteiger partial charge on any atom is 0.319 e. The molecule has 0 saturated carbocycles. The monoisotopic (exact) mass is 681 g/mol. The predicted molar refractivity (Wildman–Crippen MR) is 174 cm³/mol. The normalized spacial score (nSPS) is 27.0. The molecule has 5 saturated heterocycles. The molecule has 2 bridgehead atoms. The van der Waals surface area contributed by atoms with E-state index in [0.717, 1.165) is 43.2 Å². The Bertz CT molecular complexity index is 2020. The van der Waals surface area contributed by atoms with Gasteiger partial charge in [0.1, 0.15) is 41.0 Å². The molecular formula is C34H32F5N7OS. The van der Waals surface area contributed by atoms with Gasteiger partial charge in [0.25, 0.3) is 6.08 Å². The summed E-state index contributed by atoms with van der Waals surface area (Å²) >= 11 is 0.920. The lowest BCUT2D eigenvalue weighted by Crippen LogP contribution is -2.52. The molecule has 5 aliphatic heterocycles. The minimum atomic E-state index is -1.78. The van der Waals surface area contributed by atoms with Crippen molar-refractivity contribution in [2.24, 2.45) is 5.92 Å². The third-order valence-corrected chi connectivity index (χ3v) is 11.6. The second-order valence-corrected chi connectivity index (χ2v) is 14.6. The first-order chi connectivity index (χ1) is 23.1. The Morgan fingerprint density at radius 1 is 1.17 bits per heavy atom. The number of nitrogens with one attached hydrogen (secondary N) is 1. The third kappa shape index (κ3) is 5.05. The van der Waals surface area contributed by atoms with Crippen molar-refractivity contribution in [1.82, 2.24) is 20.2 Å². The number of nitrogen functional groups attached to an aromatic ring is 1. The van der Waals surface area contributed by atoms with E-state index in [1.807, 2.05) is 11.0 Å². The average molecular weight is 682 g/mol. The molecule has 4 aromatic rings. The second-order valence-electron chi connectivity index (χ2n) is 13.5. The number of nitrogens with zero attached hydrogens (tertiary/aromatic N) is 5. The topological polar surface area (TPSA) is 103 Å². The number of thiophene rings is 1. The summed E-state index contributed by atoms with van der Waals surface area (Å²) in [5, 5.41) is 13.8. The van der Waals surface area contributed by atoms with Gasteiger partial charge in [-0.05, 0) is 55.8 Å². The van der Waals surface area contributed by atoms with Crippen LogP contribution in [0.2, 0.25) is 0 Å². The fraction of sp³-hybridized carbons (Fsp3) is 0.441. The van der Waals surface area contributed by atoms with Crippen LogP contribution in [0.5, 0.6) is 6.01 Å². The molecule has 8 nitrogen and oxygen atoms in total. The molecule has 9 rings (SSSR count). The number of rotatable bonds is 6. The molecule has 0 aliphatic carbocycles. The van der Waals surface area contributed by atoms with Gasteiger partial charge in [0.05, 0.1) is 21.3 Å². The standard InChI is InChI=1S/C34H32F5N7OS/c35-19-10-34(7-1-9-46(34)15-19)17-47-32-43-28-22(31(44-32)45-14-18-6-8-33(16-45,42-13-18)11-25(37)38)3-2-21(27(28)39)20-4-5-24(36)29-26(20)23(12-40)30(41)48-29/h2-5,11,18-19,42H,1,6-10,13-17,41H2/t18-,19-,33+,34+/m1/s1. The van der Waals surface area contributed by atoms with Gasteiger partial charge in [-0.25, -0.2) is 13.2 Å². The lowest BCUT2D eigenvalue weighted by atomic mass is 9.86. The van der Waals surface area contributed by atoms with Gasteiger partial charge in [0, 0.05) is 55.0 Å². The van der Waals surface area contributed by atoms with E-state index >= 15 is 4.39 Å². The van der Waals surface area contributed by atoms with E-state index in [4.69, 9.17) is 15.5 Å². The molecule has 0 radical (unpaired) electrons. The average Bonchev–Trinajstić information content (AvgIpc) is 3.61. The van der Waals surface area contributed by atoms with E-state index in [0.29, 0.717) is 43.7 Å². The van der Waals surface area contributed by atoms with Crippen LogP contribution in [-0.2, 0) is 0 Å². The quantitative estimate of drug-likeness (QED) is 0.222. The zero-order valence-corrected chi connectivity index (χ0v) is 26.7. The lowest BCUT2D eigenvalue weighted by molar-refractivity contribution is 0.107. The van der Waals surface area contributed by atoms with Gasteiger partial charge in [-0.15, -0.1) is 11.3 Å². The Balaban J connectivity index is 1.28. The molecule has 2 aromatic heterocycles. The number of benzene rings is 2. The molecule has 14 heteroatoms. The van der Waals surface area contributed by atoms with Crippen molar-refractivity contribution in [1.29, 1.82) is 5.26 Å². The van der Waals surface area contributed by atoms with Crippen molar-refractivity contribution in [3.8, 4) is 23.2 Å². The number of halogens is 5. The number of aromatic nitrogens is 2. The molecule has 3 N–H and O–H groups in total. The molecule has 5 fully saturated rings. The molecule has 7 heterocycles. The summed E-state index contributed by atoms with van der Waals surface area (Å²) in [5.41, 5.74) is 4.87. The molecule has 0 spiro atoms.